The van der Waals surface area contributed by atoms with Crippen LogP contribution in [0, 0.1) is 0 Å². The lowest BCUT2D eigenvalue weighted by atomic mass is 10.1. The fourth-order valence-corrected chi connectivity index (χ4v) is 2.57. The van der Waals surface area contributed by atoms with E-state index in [1.54, 1.807) is 0 Å². The maximum absolute atomic E-state index is 12.1. The van der Waals surface area contributed by atoms with Gasteiger partial charge in [-0.05, 0) is 39.3 Å². The zero-order valence-electron chi connectivity index (χ0n) is 11.2. The van der Waals surface area contributed by atoms with Gasteiger partial charge in [-0.2, -0.15) is 5.10 Å². The highest BCUT2D eigenvalue weighted by Crippen LogP contribution is 2.23. The molecule has 2 aromatic rings. The zero-order chi connectivity index (χ0) is 13.3. The molecule has 98 valence electrons. The molecule has 0 saturated carbocycles. The molecule has 0 fully saturated rings. The average molecular weight is 265 g/mol. The highest BCUT2D eigenvalue weighted by molar-refractivity contribution is 7.84. The third-order valence-corrected chi connectivity index (χ3v) is 4.51. The van der Waals surface area contributed by atoms with E-state index in [4.69, 9.17) is 0 Å². The van der Waals surface area contributed by atoms with Crippen molar-refractivity contribution in [3.63, 3.8) is 0 Å². The van der Waals surface area contributed by atoms with Gasteiger partial charge < -0.3 is 0 Å². The standard InChI is InChI=1S/C13H19N3OS/c1-9(16-18(17)13(2,3)4)10-6-5-7-12-11(10)8-14-15-12/h5-9,16H,1-4H3,(H,14,15)/t9-,18?/m1/s1. The maximum Gasteiger partial charge on any atom is 0.0975 e. The summed E-state index contributed by atoms with van der Waals surface area (Å²) in [6.07, 6.45) is 1.81. The molecule has 18 heavy (non-hydrogen) atoms. The van der Waals surface area contributed by atoms with E-state index in [0.717, 1.165) is 16.5 Å². The first-order valence-electron chi connectivity index (χ1n) is 5.99. The molecule has 1 heterocycles. The fourth-order valence-electron chi connectivity index (χ4n) is 1.77. The van der Waals surface area contributed by atoms with Crippen LogP contribution >= 0.6 is 0 Å². The van der Waals surface area contributed by atoms with Crippen LogP contribution in [0.15, 0.2) is 24.4 Å². The number of rotatable bonds is 3. The Kier molecular flexibility index (Phi) is 3.54. The Balaban J connectivity index is 2.26. The lowest BCUT2D eigenvalue weighted by Crippen LogP contribution is -2.34. The van der Waals surface area contributed by atoms with Crippen molar-refractivity contribution in [3.05, 3.63) is 30.0 Å². The quantitative estimate of drug-likeness (QED) is 0.896. The van der Waals surface area contributed by atoms with Crippen LogP contribution in [-0.2, 0) is 11.0 Å². The van der Waals surface area contributed by atoms with Gasteiger partial charge in [-0.1, -0.05) is 12.1 Å². The van der Waals surface area contributed by atoms with Gasteiger partial charge >= 0.3 is 0 Å². The van der Waals surface area contributed by atoms with Crippen LogP contribution in [0.25, 0.3) is 10.9 Å². The number of hydrogen-bond acceptors (Lipinski definition) is 2. The van der Waals surface area contributed by atoms with Crippen molar-refractivity contribution in [1.29, 1.82) is 0 Å². The molecule has 1 aromatic carbocycles. The van der Waals surface area contributed by atoms with Gasteiger partial charge in [0.15, 0.2) is 0 Å². The van der Waals surface area contributed by atoms with Crippen molar-refractivity contribution < 1.29 is 4.21 Å². The second kappa shape index (κ2) is 4.82. The van der Waals surface area contributed by atoms with Crippen LogP contribution in [-0.4, -0.2) is 19.2 Å². The number of nitrogens with zero attached hydrogens (tertiary/aromatic N) is 1. The van der Waals surface area contributed by atoms with Crippen LogP contribution < -0.4 is 4.72 Å². The molecule has 0 aliphatic carbocycles. The largest absolute Gasteiger partial charge is 0.278 e. The first-order chi connectivity index (χ1) is 8.39. The molecule has 0 amide bonds. The van der Waals surface area contributed by atoms with E-state index in [-0.39, 0.29) is 10.8 Å². The van der Waals surface area contributed by atoms with Crippen molar-refractivity contribution in [2.75, 3.05) is 0 Å². The van der Waals surface area contributed by atoms with Gasteiger partial charge in [-0.3, -0.25) is 5.10 Å². The second-order valence-corrected chi connectivity index (χ2v) is 7.40. The van der Waals surface area contributed by atoms with E-state index in [1.807, 2.05) is 52.1 Å². The van der Waals surface area contributed by atoms with E-state index >= 15 is 0 Å². The Morgan fingerprint density at radius 2 is 2.11 bits per heavy atom. The van der Waals surface area contributed by atoms with Gasteiger partial charge in [0.25, 0.3) is 0 Å². The number of nitrogens with one attached hydrogen (secondary N) is 2. The summed E-state index contributed by atoms with van der Waals surface area (Å²) in [6.45, 7) is 7.90. The van der Waals surface area contributed by atoms with Crippen molar-refractivity contribution in [3.8, 4) is 0 Å². The minimum atomic E-state index is -1.08. The predicted octanol–water partition coefficient (Wildman–Crippen LogP) is 2.68. The molecule has 4 nitrogen and oxygen atoms in total. The number of H-pyrrole nitrogens is 1. The van der Waals surface area contributed by atoms with Gasteiger partial charge in [-0.25, -0.2) is 8.93 Å². The van der Waals surface area contributed by atoms with Crippen LogP contribution in [0.4, 0.5) is 0 Å². The molecule has 0 aliphatic rings. The number of fused-ring (bicyclic) bond motifs is 1. The summed E-state index contributed by atoms with van der Waals surface area (Å²) in [6, 6.07) is 6.02. The van der Waals surface area contributed by atoms with Crippen LogP contribution in [0.1, 0.15) is 39.3 Å². The maximum atomic E-state index is 12.1. The molecule has 1 aromatic heterocycles. The van der Waals surface area contributed by atoms with Crippen molar-refractivity contribution >= 4 is 21.9 Å². The van der Waals surface area contributed by atoms with Crippen LogP contribution in [0.2, 0.25) is 0 Å². The third-order valence-electron chi connectivity index (χ3n) is 2.83. The normalized spacial score (nSPS) is 15.8. The van der Waals surface area contributed by atoms with Crippen LogP contribution in [0.3, 0.4) is 0 Å². The fraction of sp³-hybridized carbons (Fsp3) is 0.462. The topological polar surface area (TPSA) is 57.8 Å². The number of aromatic amines is 1. The summed E-state index contributed by atoms with van der Waals surface area (Å²) in [5.74, 6) is 0. The second-order valence-electron chi connectivity index (χ2n) is 5.40. The minimum absolute atomic E-state index is 0.0198. The van der Waals surface area contributed by atoms with Crippen molar-refractivity contribution in [2.24, 2.45) is 0 Å². The smallest absolute Gasteiger partial charge is 0.0975 e. The lowest BCUT2D eigenvalue weighted by Gasteiger charge is -2.22. The van der Waals surface area contributed by atoms with Gasteiger partial charge in [0, 0.05) is 11.4 Å². The monoisotopic (exact) mass is 265 g/mol. The molecule has 1 unspecified atom stereocenters. The SMILES string of the molecule is C[C@@H](NS(=O)C(C)(C)C)c1cccc2[nH]ncc12. The van der Waals surface area contributed by atoms with E-state index in [2.05, 4.69) is 14.9 Å². The van der Waals surface area contributed by atoms with Crippen molar-refractivity contribution in [2.45, 2.75) is 38.5 Å². The lowest BCUT2D eigenvalue weighted by molar-refractivity contribution is 0.617. The van der Waals surface area contributed by atoms with Gasteiger partial charge in [0.1, 0.15) is 0 Å². The van der Waals surface area contributed by atoms with E-state index in [9.17, 15) is 4.21 Å². The van der Waals surface area contributed by atoms with Gasteiger partial charge in [0.05, 0.1) is 27.4 Å². The molecule has 5 heteroatoms. The molecule has 2 rings (SSSR count). The molecule has 0 radical (unpaired) electrons. The number of hydrogen-bond donors (Lipinski definition) is 2. The third kappa shape index (κ3) is 2.62. The number of aromatic nitrogens is 2. The first kappa shape index (κ1) is 13.2. The molecule has 2 atom stereocenters. The van der Waals surface area contributed by atoms with E-state index in [1.165, 1.54) is 0 Å². The summed E-state index contributed by atoms with van der Waals surface area (Å²) in [7, 11) is -1.08. The summed E-state index contributed by atoms with van der Waals surface area (Å²) in [5, 5.41) is 8.06. The molecular weight excluding hydrogens is 246 g/mol. The molecule has 0 bridgehead atoms. The Bertz CT molecular complexity index is 571. The summed E-state index contributed by atoms with van der Waals surface area (Å²) >= 11 is 0. The number of benzene rings is 1. The Labute approximate surface area is 110 Å². The Hall–Kier alpha value is -1.20. The minimum Gasteiger partial charge on any atom is -0.278 e. The molecular formula is C13H19N3OS. The molecule has 2 N–H and O–H groups in total. The summed E-state index contributed by atoms with van der Waals surface area (Å²) < 4.78 is 15.0. The van der Waals surface area contributed by atoms with E-state index in [0.29, 0.717) is 0 Å². The van der Waals surface area contributed by atoms with Crippen molar-refractivity contribution in [1.82, 2.24) is 14.9 Å². The highest BCUT2D eigenvalue weighted by atomic mass is 32.2. The predicted molar refractivity (Wildman–Crippen MR) is 75.5 cm³/mol. The molecule has 0 aliphatic heterocycles. The Morgan fingerprint density at radius 1 is 1.39 bits per heavy atom. The summed E-state index contributed by atoms with van der Waals surface area (Å²) in [5.41, 5.74) is 2.11. The first-order valence-corrected chi connectivity index (χ1v) is 7.14. The van der Waals surface area contributed by atoms with Gasteiger partial charge in [-0.15, -0.1) is 0 Å². The average Bonchev–Trinajstić information content (AvgIpc) is 2.74. The van der Waals surface area contributed by atoms with Crippen LogP contribution in [0.5, 0.6) is 0 Å². The zero-order valence-corrected chi connectivity index (χ0v) is 12.0. The molecule has 0 spiro atoms. The summed E-state index contributed by atoms with van der Waals surface area (Å²) in [4.78, 5) is 0. The highest BCUT2D eigenvalue weighted by Gasteiger charge is 2.22. The molecule has 0 saturated heterocycles. The van der Waals surface area contributed by atoms with E-state index < -0.39 is 11.0 Å². The Morgan fingerprint density at radius 3 is 2.78 bits per heavy atom. The van der Waals surface area contributed by atoms with Gasteiger partial charge in [0.2, 0.25) is 0 Å².